The minimum Gasteiger partial charge on any atom is -0.328 e. The van der Waals surface area contributed by atoms with Crippen molar-refractivity contribution in [3.63, 3.8) is 0 Å². The molecule has 0 aliphatic carbocycles. The van der Waals surface area contributed by atoms with Crippen molar-refractivity contribution in [2.75, 3.05) is 6.54 Å². The Hall–Kier alpha value is -1.68. The van der Waals surface area contributed by atoms with E-state index in [4.69, 9.17) is 5.73 Å². The average molecular weight is 188 g/mol. The van der Waals surface area contributed by atoms with Crippen LogP contribution in [0.5, 0.6) is 0 Å². The Balaban J connectivity index is 2.31. The van der Waals surface area contributed by atoms with Crippen molar-refractivity contribution in [3.05, 3.63) is 48.5 Å². The summed E-state index contributed by atoms with van der Waals surface area (Å²) >= 11 is 0. The fraction of sp³-hybridized carbons (Fsp3) is 0.200. The van der Waals surface area contributed by atoms with Crippen molar-refractivity contribution < 1.29 is 0 Å². The largest absolute Gasteiger partial charge is 0.328 e. The highest BCUT2D eigenvalue weighted by atomic mass is 15.2. The number of hydrogen-bond donors (Lipinski definition) is 1. The van der Waals surface area contributed by atoms with Gasteiger partial charge in [0.2, 0.25) is 0 Å². The molecule has 0 aliphatic rings. The standard InChI is InChI=1S/C10H12N4/c11-6-10(14-7-12-13-8-14)9-4-2-1-3-5-9/h1-5,7-8,10H,6,11H2. The van der Waals surface area contributed by atoms with Crippen LogP contribution < -0.4 is 5.73 Å². The smallest absolute Gasteiger partial charge is 0.119 e. The molecule has 0 amide bonds. The van der Waals surface area contributed by atoms with Crippen LogP contribution in [0.15, 0.2) is 43.0 Å². The van der Waals surface area contributed by atoms with Crippen molar-refractivity contribution in [2.24, 2.45) is 5.73 Å². The van der Waals surface area contributed by atoms with E-state index in [0.717, 1.165) is 0 Å². The third kappa shape index (κ3) is 1.65. The lowest BCUT2D eigenvalue weighted by molar-refractivity contribution is 0.592. The highest BCUT2D eigenvalue weighted by Crippen LogP contribution is 2.15. The summed E-state index contributed by atoms with van der Waals surface area (Å²) < 4.78 is 1.91. The predicted molar refractivity (Wildman–Crippen MR) is 53.7 cm³/mol. The lowest BCUT2D eigenvalue weighted by Crippen LogP contribution is -2.19. The first-order chi connectivity index (χ1) is 6.92. The molecule has 0 bridgehead atoms. The van der Waals surface area contributed by atoms with E-state index < -0.39 is 0 Å². The molecular formula is C10H12N4. The van der Waals surface area contributed by atoms with Gasteiger partial charge < -0.3 is 10.3 Å². The van der Waals surface area contributed by atoms with Crippen LogP contribution in [0.4, 0.5) is 0 Å². The molecule has 0 saturated heterocycles. The fourth-order valence-corrected chi connectivity index (χ4v) is 1.47. The third-order valence-corrected chi connectivity index (χ3v) is 2.20. The molecule has 4 heteroatoms. The summed E-state index contributed by atoms with van der Waals surface area (Å²) in [5.74, 6) is 0. The van der Waals surface area contributed by atoms with Gasteiger partial charge in [0.05, 0.1) is 6.04 Å². The first-order valence-electron chi connectivity index (χ1n) is 4.51. The second-order valence-electron chi connectivity index (χ2n) is 3.07. The highest BCUT2D eigenvalue weighted by molar-refractivity contribution is 5.19. The average Bonchev–Trinajstić information content (AvgIpc) is 2.74. The summed E-state index contributed by atoms with van der Waals surface area (Å²) in [5, 5.41) is 7.55. The van der Waals surface area contributed by atoms with Gasteiger partial charge in [-0.25, -0.2) is 0 Å². The Kier molecular flexibility index (Phi) is 2.55. The van der Waals surface area contributed by atoms with Gasteiger partial charge in [0.25, 0.3) is 0 Å². The number of benzene rings is 1. The van der Waals surface area contributed by atoms with Crippen LogP contribution in [0.1, 0.15) is 11.6 Å². The van der Waals surface area contributed by atoms with Gasteiger partial charge in [-0.1, -0.05) is 30.3 Å². The number of nitrogens with two attached hydrogens (primary N) is 1. The number of nitrogens with zero attached hydrogens (tertiary/aromatic N) is 3. The van der Waals surface area contributed by atoms with Gasteiger partial charge in [0.1, 0.15) is 12.7 Å². The molecule has 2 aromatic rings. The van der Waals surface area contributed by atoms with Crippen molar-refractivity contribution >= 4 is 0 Å². The maximum Gasteiger partial charge on any atom is 0.119 e. The molecule has 1 atom stereocenters. The van der Waals surface area contributed by atoms with E-state index in [0.29, 0.717) is 6.54 Å². The monoisotopic (exact) mass is 188 g/mol. The Bertz CT molecular complexity index is 368. The number of aromatic nitrogens is 3. The minimum absolute atomic E-state index is 0.131. The van der Waals surface area contributed by atoms with Crippen molar-refractivity contribution in [2.45, 2.75) is 6.04 Å². The first-order valence-corrected chi connectivity index (χ1v) is 4.51. The molecule has 0 aliphatic heterocycles. The van der Waals surface area contributed by atoms with E-state index in [-0.39, 0.29) is 6.04 Å². The molecule has 2 N–H and O–H groups in total. The highest BCUT2D eigenvalue weighted by Gasteiger charge is 2.10. The molecule has 72 valence electrons. The van der Waals surface area contributed by atoms with Gasteiger partial charge in [-0.15, -0.1) is 10.2 Å². The van der Waals surface area contributed by atoms with E-state index in [1.165, 1.54) is 5.56 Å². The zero-order valence-electron chi connectivity index (χ0n) is 7.74. The Labute approximate surface area is 82.4 Å². The second kappa shape index (κ2) is 4.02. The molecule has 14 heavy (non-hydrogen) atoms. The quantitative estimate of drug-likeness (QED) is 0.776. The Morgan fingerprint density at radius 3 is 2.36 bits per heavy atom. The van der Waals surface area contributed by atoms with Crippen LogP contribution in [0.3, 0.4) is 0 Å². The van der Waals surface area contributed by atoms with E-state index >= 15 is 0 Å². The first kappa shape index (κ1) is 8.90. The molecule has 0 fully saturated rings. The van der Waals surface area contributed by atoms with Crippen LogP contribution in [0.2, 0.25) is 0 Å². The summed E-state index contributed by atoms with van der Waals surface area (Å²) in [6.45, 7) is 0.544. The molecule has 2 rings (SSSR count). The van der Waals surface area contributed by atoms with Gasteiger partial charge in [0.15, 0.2) is 0 Å². The Morgan fingerprint density at radius 1 is 1.14 bits per heavy atom. The third-order valence-electron chi connectivity index (χ3n) is 2.20. The van der Waals surface area contributed by atoms with Crippen LogP contribution in [0.25, 0.3) is 0 Å². The molecular weight excluding hydrogens is 176 g/mol. The summed E-state index contributed by atoms with van der Waals surface area (Å²) in [4.78, 5) is 0. The summed E-state index contributed by atoms with van der Waals surface area (Å²) in [6, 6.07) is 10.2. The van der Waals surface area contributed by atoms with Crippen molar-refractivity contribution in [3.8, 4) is 0 Å². The molecule has 1 aromatic heterocycles. The number of hydrogen-bond acceptors (Lipinski definition) is 3. The lowest BCUT2D eigenvalue weighted by atomic mass is 10.1. The van der Waals surface area contributed by atoms with E-state index in [9.17, 15) is 0 Å². The van der Waals surface area contributed by atoms with Gasteiger partial charge in [0, 0.05) is 6.54 Å². The normalized spacial score (nSPS) is 12.6. The molecule has 0 radical (unpaired) electrons. The van der Waals surface area contributed by atoms with Crippen LogP contribution in [-0.4, -0.2) is 21.3 Å². The summed E-state index contributed by atoms with van der Waals surface area (Å²) in [7, 11) is 0. The zero-order chi connectivity index (χ0) is 9.80. The SMILES string of the molecule is NCC(c1ccccc1)n1cnnc1. The fourth-order valence-electron chi connectivity index (χ4n) is 1.47. The second-order valence-corrected chi connectivity index (χ2v) is 3.07. The topological polar surface area (TPSA) is 56.7 Å². The van der Waals surface area contributed by atoms with Crippen LogP contribution >= 0.6 is 0 Å². The molecule has 4 nitrogen and oxygen atoms in total. The Morgan fingerprint density at radius 2 is 1.79 bits per heavy atom. The van der Waals surface area contributed by atoms with Gasteiger partial charge in [-0.3, -0.25) is 0 Å². The van der Waals surface area contributed by atoms with Crippen LogP contribution in [-0.2, 0) is 0 Å². The van der Waals surface area contributed by atoms with Crippen molar-refractivity contribution in [1.29, 1.82) is 0 Å². The lowest BCUT2D eigenvalue weighted by Gasteiger charge is -2.15. The van der Waals surface area contributed by atoms with Crippen LogP contribution in [0, 0.1) is 0 Å². The molecule has 0 spiro atoms. The molecule has 1 unspecified atom stereocenters. The number of rotatable bonds is 3. The van der Waals surface area contributed by atoms with Gasteiger partial charge in [-0.2, -0.15) is 0 Å². The summed E-state index contributed by atoms with van der Waals surface area (Å²) in [6.07, 6.45) is 3.37. The van der Waals surface area contributed by atoms with Gasteiger partial charge in [-0.05, 0) is 5.56 Å². The molecule has 1 heterocycles. The summed E-state index contributed by atoms with van der Waals surface area (Å²) in [5.41, 5.74) is 6.90. The van der Waals surface area contributed by atoms with E-state index in [2.05, 4.69) is 22.3 Å². The van der Waals surface area contributed by atoms with Gasteiger partial charge >= 0.3 is 0 Å². The van der Waals surface area contributed by atoms with E-state index in [1.807, 2.05) is 22.8 Å². The zero-order valence-corrected chi connectivity index (χ0v) is 7.74. The van der Waals surface area contributed by atoms with E-state index in [1.54, 1.807) is 12.7 Å². The maximum absolute atomic E-state index is 5.72. The molecule has 1 aromatic carbocycles. The minimum atomic E-state index is 0.131. The predicted octanol–water partition coefficient (Wildman–Crippen LogP) is 0.826. The maximum atomic E-state index is 5.72. The molecule has 0 saturated carbocycles. The van der Waals surface area contributed by atoms with Crippen molar-refractivity contribution in [1.82, 2.24) is 14.8 Å².